The minimum absolute atomic E-state index is 0.0748. The summed E-state index contributed by atoms with van der Waals surface area (Å²) < 4.78 is 15.2. The second-order valence-electron chi connectivity index (χ2n) is 5.09. The SMILES string of the molecule is CC(N)C(Sc1nnnn1C1CC1)c1cccc(F)c1. The zero-order valence-electron chi connectivity index (χ0n) is 11.1. The second-order valence-corrected chi connectivity index (χ2v) is 6.20. The Labute approximate surface area is 120 Å². The Morgan fingerprint density at radius 3 is 2.90 bits per heavy atom. The number of benzene rings is 1. The Kier molecular flexibility index (Phi) is 3.71. The molecule has 1 aliphatic carbocycles. The number of hydrogen-bond acceptors (Lipinski definition) is 5. The second kappa shape index (κ2) is 5.49. The van der Waals surface area contributed by atoms with Gasteiger partial charge in [0.2, 0.25) is 5.16 Å². The third-order valence-corrected chi connectivity index (χ3v) is 4.68. The molecule has 1 heterocycles. The predicted octanol–water partition coefficient (Wildman–Crippen LogP) is 2.33. The zero-order chi connectivity index (χ0) is 14.1. The molecule has 20 heavy (non-hydrogen) atoms. The van der Waals surface area contributed by atoms with Crippen LogP contribution in [0.3, 0.4) is 0 Å². The van der Waals surface area contributed by atoms with Crippen LogP contribution in [0.15, 0.2) is 29.4 Å². The van der Waals surface area contributed by atoms with E-state index in [4.69, 9.17) is 5.73 Å². The molecule has 2 unspecified atom stereocenters. The molecule has 0 spiro atoms. The number of nitrogens with two attached hydrogens (primary N) is 1. The maximum Gasteiger partial charge on any atom is 0.210 e. The molecule has 1 fully saturated rings. The molecule has 7 heteroatoms. The fourth-order valence-electron chi connectivity index (χ4n) is 2.09. The van der Waals surface area contributed by atoms with E-state index in [2.05, 4.69) is 15.5 Å². The highest BCUT2D eigenvalue weighted by Gasteiger charge is 2.30. The Morgan fingerprint density at radius 2 is 2.25 bits per heavy atom. The van der Waals surface area contributed by atoms with Crippen LogP contribution in [-0.2, 0) is 0 Å². The Morgan fingerprint density at radius 1 is 1.45 bits per heavy atom. The molecule has 5 nitrogen and oxygen atoms in total. The van der Waals surface area contributed by atoms with E-state index in [1.807, 2.05) is 17.7 Å². The van der Waals surface area contributed by atoms with E-state index in [1.54, 1.807) is 6.07 Å². The minimum atomic E-state index is -0.254. The summed E-state index contributed by atoms with van der Waals surface area (Å²) in [4.78, 5) is 0. The standard InChI is InChI=1S/C13H16FN5S/c1-8(15)12(9-3-2-4-10(14)7-9)20-13-16-17-18-19(13)11-5-6-11/h2-4,7-8,11-12H,5-6,15H2,1H3. The average Bonchev–Trinajstić information content (AvgIpc) is 3.15. The molecule has 2 N–H and O–H groups in total. The van der Waals surface area contributed by atoms with Gasteiger partial charge in [-0.1, -0.05) is 23.9 Å². The van der Waals surface area contributed by atoms with Gasteiger partial charge in [-0.05, 0) is 47.9 Å². The van der Waals surface area contributed by atoms with Crippen molar-refractivity contribution in [3.63, 3.8) is 0 Å². The van der Waals surface area contributed by atoms with Crippen molar-refractivity contribution >= 4 is 11.8 Å². The maximum atomic E-state index is 13.4. The molecule has 2 aromatic rings. The summed E-state index contributed by atoms with van der Waals surface area (Å²) in [5.74, 6) is -0.254. The number of nitrogens with zero attached hydrogens (tertiary/aromatic N) is 4. The summed E-state index contributed by atoms with van der Waals surface area (Å²) in [6.07, 6.45) is 2.23. The van der Waals surface area contributed by atoms with Crippen LogP contribution >= 0.6 is 11.8 Å². The molecule has 1 aromatic heterocycles. The fourth-order valence-corrected chi connectivity index (χ4v) is 3.19. The third-order valence-electron chi connectivity index (χ3n) is 3.24. The Hall–Kier alpha value is -1.47. The van der Waals surface area contributed by atoms with E-state index in [-0.39, 0.29) is 17.1 Å². The molecular weight excluding hydrogens is 277 g/mol. The Bertz CT molecular complexity index is 596. The van der Waals surface area contributed by atoms with Crippen molar-refractivity contribution in [1.82, 2.24) is 20.2 Å². The first-order chi connectivity index (χ1) is 9.65. The summed E-state index contributed by atoms with van der Waals surface area (Å²) in [6, 6.07) is 6.81. The smallest absolute Gasteiger partial charge is 0.210 e. The van der Waals surface area contributed by atoms with Crippen LogP contribution in [0, 0.1) is 5.82 Å². The minimum Gasteiger partial charge on any atom is -0.327 e. The van der Waals surface area contributed by atoms with Crippen LogP contribution in [0.5, 0.6) is 0 Å². The van der Waals surface area contributed by atoms with Gasteiger partial charge in [-0.2, -0.15) is 0 Å². The van der Waals surface area contributed by atoms with E-state index >= 15 is 0 Å². The largest absolute Gasteiger partial charge is 0.327 e. The number of tetrazole rings is 1. The molecule has 0 radical (unpaired) electrons. The summed E-state index contributed by atoms with van der Waals surface area (Å²) in [5.41, 5.74) is 6.91. The number of halogens is 1. The van der Waals surface area contributed by atoms with Gasteiger partial charge in [-0.15, -0.1) is 5.10 Å². The summed E-state index contributed by atoms with van der Waals surface area (Å²) in [7, 11) is 0. The van der Waals surface area contributed by atoms with E-state index in [0.29, 0.717) is 6.04 Å². The molecule has 2 atom stereocenters. The monoisotopic (exact) mass is 293 g/mol. The lowest BCUT2D eigenvalue weighted by Crippen LogP contribution is -2.23. The number of thioether (sulfide) groups is 1. The normalized spacial score (nSPS) is 17.9. The van der Waals surface area contributed by atoms with Crippen LogP contribution in [-0.4, -0.2) is 26.2 Å². The van der Waals surface area contributed by atoms with Crippen LogP contribution in [0.1, 0.15) is 36.6 Å². The molecule has 0 bridgehead atoms. The first kappa shape index (κ1) is 13.5. The van der Waals surface area contributed by atoms with Gasteiger partial charge in [-0.25, -0.2) is 9.07 Å². The lowest BCUT2D eigenvalue weighted by atomic mass is 10.1. The number of aromatic nitrogens is 4. The molecular formula is C13H16FN5S. The molecule has 1 saturated carbocycles. The maximum absolute atomic E-state index is 13.4. The molecule has 1 aromatic carbocycles. The number of hydrogen-bond donors (Lipinski definition) is 1. The van der Waals surface area contributed by atoms with Crippen molar-refractivity contribution in [2.75, 3.05) is 0 Å². The van der Waals surface area contributed by atoms with E-state index in [1.165, 1.54) is 23.9 Å². The molecule has 0 saturated heterocycles. The lowest BCUT2D eigenvalue weighted by molar-refractivity contribution is 0.563. The highest BCUT2D eigenvalue weighted by Crippen LogP contribution is 2.41. The van der Waals surface area contributed by atoms with Gasteiger partial charge in [0.25, 0.3) is 0 Å². The molecule has 3 rings (SSSR count). The highest BCUT2D eigenvalue weighted by atomic mass is 32.2. The van der Waals surface area contributed by atoms with Gasteiger partial charge in [0.05, 0.1) is 11.3 Å². The number of rotatable bonds is 5. The third kappa shape index (κ3) is 2.83. The summed E-state index contributed by atoms with van der Waals surface area (Å²) in [6.45, 7) is 1.91. The first-order valence-corrected chi connectivity index (χ1v) is 7.48. The highest BCUT2D eigenvalue weighted by molar-refractivity contribution is 7.99. The van der Waals surface area contributed by atoms with Crippen molar-refractivity contribution in [1.29, 1.82) is 0 Å². The van der Waals surface area contributed by atoms with Gasteiger partial charge < -0.3 is 5.73 Å². The molecule has 0 amide bonds. The predicted molar refractivity (Wildman–Crippen MR) is 74.7 cm³/mol. The van der Waals surface area contributed by atoms with E-state index < -0.39 is 0 Å². The van der Waals surface area contributed by atoms with Gasteiger partial charge in [0.1, 0.15) is 5.82 Å². The lowest BCUT2D eigenvalue weighted by Gasteiger charge is -2.20. The van der Waals surface area contributed by atoms with Crippen molar-refractivity contribution in [3.05, 3.63) is 35.6 Å². The fraction of sp³-hybridized carbons (Fsp3) is 0.462. The van der Waals surface area contributed by atoms with Crippen LogP contribution in [0.25, 0.3) is 0 Å². The van der Waals surface area contributed by atoms with Gasteiger partial charge >= 0.3 is 0 Å². The quantitative estimate of drug-likeness (QED) is 0.857. The van der Waals surface area contributed by atoms with Gasteiger partial charge in [-0.3, -0.25) is 0 Å². The van der Waals surface area contributed by atoms with Crippen molar-refractivity contribution in [2.24, 2.45) is 5.73 Å². The van der Waals surface area contributed by atoms with Crippen molar-refractivity contribution < 1.29 is 4.39 Å². The van der Waals surface area contributed by atoms with Gasteiger partial charge in [0.15, 0.2) is 0 Å². The molecule has 1 aliphatic rings. The Balaban J connectivity index is 1.86. The first-order valence-electron chi connectivity index (χ1n) is 6.60. The summed E-state index contributed by atoms with van der Waals surface area (Å²) in [5, 5.41) is 12.5. The van der Waals surface area contributed by atoms with E-state index in [9.17, 15) is 4.39 Å². The average molecular weight is 293 g/mol. The molecule has 106 valence electrons. The van der Waals surface area contributed by atoms with Crippen molar-refractivity contribution in [2.45, 2.75) is 42.3 Å². The van der Waals surface area contributed by atoms with Crippen LogP contribution in [0.4, 0.5) is 4.39 Å². The molecule has 0 aliphatic heterocycles. The zero-order valence-corrected chi connectivity index (χ0v) is 11.9. The van der Waals surface area contributed by atoms with Crippen LogP contribution < -0.4 is 5.73 Å². The van der Waals surface area contributed by atoms with Crippen LogP contribution in [0.2, 0.25) is 0 Å². The summed E-state index contributed by atoms with van der Waals surface area (Å²) >= 11 is 1.50. The van der Waals surface area contributed by atoms with Crippen molar-refractivity contribution in [3.8, 4) is 0 Å². The topological polar surface area (TPSA) is 69.6 Å². The van der Waals surface area contributed by atoms with E-state index in [0.717, 1.165) is 23.6 Å². The van der Waals surface area contributed by atoms with Gasteiger partial charge in [0, 0.05) is 6.04 Å².